The van der Waals surface area contributed by atoms with Crippen LogP contribution in [0, 0.1) is 5.92 Å². The maximum atomic E-state index is 13.0. The number of Topliss-reactive ketones (excluding diaryl/α,β-unsaturated/α-hetero) is 1. The van der Waals surface area contributed by atoms with E-state index in [1.54, 1.807) is 24.3 Å². The summed E-state index contributed by atoms with van der Waals surface area (Å²) in [6.45, 7) is 3.74. The van der Waals surface area contributed by atoms with E-state index in [0.29, 0.717) is 16.9 Å². The van der Waals surface area contributed by atoms with Crippen molar-refractivity contribution in [3.63, 3.8) is 0 Å². The van der Waals surface area contributed by atoms with Crippen molar-refractivity contribution in [1.29, 1.82) is 0 Å². The molecule has 0 saturated heterocycles. The molecule has 9 heteroatoms. The number of amides is 1. The fraction of sp³-hybridized carbons (Fsp3) is 0.238. The standard InChI is InChI=1S/C21H22N6O3/c1-12(2)21(29)23-14-9-7-13(8-10-14)17(28)11-27-16-6-4-3-5-15(16)24-20(27)18-19(22)26-30-25-18/h3-10,12,20,24H,11H2,1-2H3,(H2,22,26)(H,23,29). The van der Waals surface area contributed by atoms with E-state index >= 15 is 0 Å². The summed E-state index contributed by atoms with van der Waals surface area (Å²) < 4.78 is 4.74. The van der Waals surface area contributed by atoms with Gasteiger partial charge >= 0.3 is 0 Å². The Morgan fingerprint density at radius 2 is 1.90 bits per heavy atom. The van der Waals surface area contributed by atoms with Crippen LogP contribution in [0.5, 0.6) is 0 Å². The molecule has 1 aliphatic heterocycles. The van der Waals surface area contributed by atoms with E-state index in [1.807, 2.05) is 43.0 Å². The predicted octanol–water partition coefficient (Wildman–Crippen LogP) is 3.06. The first-order chi connectivity index (χ1) is 14.4. The molecule has 1 amide bonds. The molecule has 0 aliphatic carbocycles. The van der Waals surface area contributed by atoms with Crippen LogP contribution in [0.1, 0.15) is 36.1 Å². The second-order valence-electron chi connectivity index (χ2n) is 7.37. The topological polar surface area (TPSA) is 126 Å². The lowest BCUT2D eigenvalue weighted by molar-refractivity contribution is -0.118. The Hall–Kier alpha value is -3.88. The maximum absolute atomic E-state index is 13.0. The number of hydrogen-bond donors (Lipinski definition) is 3. The maximum Gasteiger partial charge on any atom is 0.226 e. The molecule has 0 saturated carbocycles. The van der Waals surface area contributed by atoms with Gasteiger partial charge in [-0.3, -0.25) is 9.59 Å². The third kappa shape index (κ3) is 3.69. The van der Waals surface area contributed by atoms with E-state index in [-0.39, 0.29) is 30.0 Å². The second-order valence-corrected chi connectivity index (χ2v) is 7.37. The van der Waals surface area contributed by atoms with Gasteiger partial charge in [0.2, 0.25) is 5.91 Å². The average Bonchev–Trinajstić information content (AvgIpc) is 3.31. The summed E-state index contributed by atoms with van der Waals surface area (Å²) in [6.07, 6.45) is -0.470. The number of nitrogens with one attached hydrogen (secondary N) is 2. The quantitative estimate of drug-likeness (QED) is 0.533. The third-order valence-corrected chi connectivity index (χ3v) is 4.93. The van der Waals surface area contributed by atoms with Crippen molar-refractivity contribution in [2.75, 3.05) is 27.8 Å². The molecule has 3 aromatic rings. The fourth-order valence-electron chi connectivity index (χ4n) is 3.27. The number of aromatic nitrogens is 2. The number of fused-ring (bicyclic) bond motifs is 1. The number of anilines is 4. The van der Waals surface area contributed by atoms with Gasteiger partial charge in [0.25, 0.3) is 0 Å². The summed E-state index contributed by atoms with van der Waals surface area (Å²) in [5.41, 5.74) is 9.22. The van der Waals surface area contributed by atoms with Gasteiger partial charge < -0.3 is 21.3 Å². The highest BCUT2D eigenvalue weighted by Gasteiger charge is 2.35. The van der Waals surface area contributed by atoms with Crippen LogP contribution in [0.2, 0.25) is 0 Å². The van der Waals surface area contributed by atoms with Crippen molar-refractivity contribution in [1.82, 2.24) is 10.3 Å². The van der Waals surface area contributed by atoms with Crippen molar-refractivity contribution >= 4 is 34.6 Å². The highest BCUT2D eigenvalue weighted by atomic mass is 16.6. The van der Waals surface area contributed by atoms with Gasteiger partial charge in [-0.25, -0.2) is 4.63 Å². The van der Waals surface area contributed by atoms with Crippen molar-refractivity contribution in [2.45, 2.75) is 20.0 Å². The van der Waals surface area contributed by atoms with E-state index in [0.717, 1.165) is 11.4 Å². The smallest absolute Gasteiger partial charge is 0.226 e. The summed E-state index contributed by atoms with van der Waals surface area (Å²) in [7, 11) is 0. The second kappa shape index (κ2) is 7.86. The van der Waals surface area contributed by atoms with Gasteiger partial charge in [0, 0.05) is 17.2 Å². The van der Waals surface area contributed by atoms with E-state index in [4.69, 9.17) is 10.4 Å². The molecule has 2 heterocycles. The molecule has 0 bridgehead atoms. The van der Waals surface area contributed by atoms with Gasteiger partial charge in [-0.2, -0.15) is 0 Å². The lowest BCUT2D eigenvalue weighted by atomic mass is 10.1. The van der Waals surface area contributed by atoms with Crippen LogP contribution in [0.4, 0.5) is 22.9 Å². The SMILES string of the molecule is CC(C)C(=O)Nc1ccc(C(=O)CN2c3ccccc3NC2c2nonc2N)cc1. The van der Waals surface area contributed by atoms with Crippen molar-refractivity contribution in [2.24, 2.45) is 5.92 Å². The number of rotatable bonds is 6. The van der Waals surface area contributed by atoms with Crippen molar-refractivity contribution in [3.8, 4) is 0 Å². The van der Waals surface area contributed by atoms with E-state index in [9.17, 15) is 9.59 Å². The number of nitrogens with zero attached hydrogens (tertiary/aromatic N) is 3. The Kier molecular flexibility index (Phi) is 5.09. The number of carbonyl (C=O) groups excluding carboxylic acids is 2. The van der Waals surface area contributed by atoms with Crippen LogP contribution in [0.15, 0.2) is 53.2 Å². The number of carbonyl (C=O) groups is 2. The first-order valence-electron chi connectivity index (χ1n) is 9.58. The molecule has 0 spiro atoms. The molecule has 1 unspecified atom stereocenters. The molecule has 2 aromatic carbocycles. The minimum Gasteiger partial charge on any atom is -0.379 e. The zero-order valence-corrected chi connectivity index (χ0v) is 16.6. The zero-order valence-electron chi connectivity index (χ0n) is 16.6. The van der Waals surface area contributed by atoms with Gasteiger partial charge in [-0.15, -0.1) is 0 Å². The zero-order chi connectivity index (χ0) is 21.3. The lowest BCUT2D eigenvalue weighted by Crippen LogP contribution is -2.33. The summed E-state index contributed by atoms with van der Waals surface area (Å²) in [5.74, 6) is -0.113. The molecular weight excluding hydrogens is 384 g/mol. The molecule has 1 aromatic heterocycles. The summed E-state index contributed by atoms with van der Waals surface area (Å²) in [4.78, 5) is 26.7. The lowest BCUT2D eigenvalue weighted by Gasteiger charge is -2.24. The molecule has 9 nitrogen and oxygen atoms in total. The van der Waals surface area contributed by atoms with Gasteiger partial charge in [0.1, 0.15) is 0 Å². The van der Waals surface area contributed by atoms with Crippen LogP contribution in [-0.4, -0.2) is 28.5 Å². The summed E-state index contributed by atoms with van der Waals surface area (Å²) >= 11 is 0. The monoisotopic (exact) mass is 406 g/mol. The first kappa shape index (κ1) is 19.4. The molecular formula is C21H22N6O3. The number of hydrogen-bond acceptors (Lipinski definition) is 8. The minimum atomic E-state index is -0.470. The molecule has 1 atom stereocenters. The van der Waals surface area contributed by atoms with Crippen molar-refractivity contribution in [3.05, 3.63) is 59.8 Å². The fourth-order valence-corrected chi connectivity index (χ4v) is 3.27. The highest BCUT2D eigenvalue weighted by molar-refractivity contribution is 6.01. The molecule has 4 rings (SSSR count). The number of nitrogen functional groups attached to an aromatic ring is 1. The Labute approximate surface area is 173 Å². The number of nitrogens with two attached hydrogens (primary N) is 1. The Bertz CT molecular complexity index is 1080. The van der Waals surface area contributed by atoms with E-state index < -0.39 is 6.17 Å². The molecule has 0 radical (unpaired) electrons. The Morgan fingerprint density at radius 1 is 1.17 bits per heavy atom. The number of para-hydroxylation sites is 2. The minimum absolute atomic E-state index is 0.0736. The summed E-state index contributed by atoms with van der Waals surface area (Å²) in [5, 5.41) is 13.7. The van der Waals surface area contributed by atoms with E-state index in [1.165, 1.54) is 0 Å². The Morgan fingerprint density at radius 3 is 2.57 bits per heavy atom. The Balaban J connectivity index is 1.55. The van der Waals surface area contributed by atoms with Gasteiger partial charge in [-0.1, -0.05) is 26.0 Å². The highest BCUT2D eigenvalue weighted by Crippen LogP contribution is 2.41. The molecule has 0 fully saturated rings. The van der Waals surface area contributed by atoms with Crippen LogP contribution < -0.4 is 21.3 Å². The average molecular weight is 406 g/mol. The van der Waals surface area contributed by atoms with E-state index in [2.05, 4.69) is 20.9 Å². The normalized spacial score (nSPS) is 15.0. The largest absolute Gasteiger partial charge is 0.379 e. The predicted molar refractivity (Wildman–Crippen MR) is 113 cm³/mol. The van der Waals surface area contributed by atoms with Crippen molar-refractivity contribution < 1.29 is 14.2 Å². The molecule has 4 N–H and O–H groups in total. The van der Waals surface area contributed by atoms with Crippen LogP contribution >= 0.6 is 0 Å². The number of ketones is 1. The molecule has 1 aliphatic rings. The third-order valence-electron chi connectivity index (χ3n) is 4.93. The molecule has 154 valence electrons. The van der Waals surface area contributed by atoms with Gasteiger partial charge in [0.05, 0.1) is 17.9 Å². The first-order valence-corrected chi connectivity index (χ1v) is 9.58. The van der Waals surface area contributed by atoms with Crippen LogP contribution in [0.3, 0.4) is 0 Å². The number of benzene rings is 2. The van der Waals surface area contributed by atoms with Crippen LogP contribution in [-0.2, 0) is 4.79 Å². The van der Waals surface area contributed by atoms with Crippen LogP contribution in [0.25, 0.3) is 0 Å². The molecule has 30 heavy (non-hydrogen) atoms. The van der Waals surface area contributed by atoms with Gasteiger partial charge in [0.15, 0.2) is 23.5 Å². The van der Waals surface area contributed by atoms with Gasteiger partial charge in [-0.05, 0) is 46.7 Å². The summed E-state index contributed by atoms with van der Waals surface area (Å²) in [6, 6.07) is 14.5.